The highest BCUT2D eigenvalue weighted by atomic mass is 35.5. The Kier molecular flexibility index (Phi) is 4.13. The molecule has 1 aliphatic carbocycles. The zero-order valence-corrected chi connectivity index (χ0v) is 14.7. The molecule has 0 aromatic carbocycles. The predicted molar refractivity (Wildman–Crippen MR) is 93.2 cm³/mol. The zero-order chi connectivity index (χ0) is 15.8. The molecule has 1 fully saturated rings. The van der Waals surface area contributed by atoms with Gasteiger partial charge in [0.15, 0.2) is 0 Å². The van der Waals surface area contributed by atoms with Crippen molar-refractivity contribution in [2.75, 3.05) is 0 Å². The van der Waals surface area contributed by atoms with Gasteiger partial charge in [-0.15, -0.1) is 11.3 Å². The molecule has 120 valence electrons. The van der Waals surface area contributed by atoms with Crippen LogP contribution in [0.1, 0.15) is 29.7 Å². The minimum absolute atomic E-state index is 0.0418. The summed E-state index contributed by atoms with van der Waals surface area (Å²) in [6, 6.07) is 6.18. The molecule has 0 radical (unpaired) electrons. The van der Waals surface area contributed by atoms with Crippen LogP contribution < -0.4 is 0 Å². The van der Waals surface area contributed by atoms with Crippen LogP contribution in [-0.4, -0.2) is 28.7 Å². The quantitative estimate of drug-likeness (QED) is 0.797. The molecule has 1 saturated carbocycles. The van der Waals surface area contributed by atoms with E-state index in [9.17, 15) is 4.79 Å². The third-order valence-electron chi connectivity index (χ3n) is 4.01. The molecule has 7 heteroatoms. The Morgan fingerprint density at radius 2 is 2.26 bits per heavy atom. The van der Waals surface area contributed by atoms with Gasteiger partial charge in [-0.2, -0.15) is 11.3 Å². The van der Waals surface area contributed by atoms with E-state index in [0.29, 0.717) is 19.0 Å². The first kappa shape index (κ1) is 15.2. The summed E-state index contributed by atoms with van der Waals surface area (Å²) in [4.78, 5) is 21.2. The molecular weight excluding hydrogens is 352 g/mol. The normalized spacial score (nSPS) is 20.2. The van der Waals surface area contributed by atoms with Crippen molar-refractivity contribution >= 4 is 45.9 Å². The lowest BCUT2D eigenvalue weighted by molar-refractivity contribution is -0.143. The van der Waals surface area contributed by atoms with Crippen molar-refractivity contribution in [2.45, 2.75) is 38.0 Å². The third-order valence-corrected chi connectivity index (χ3v) is 6.02. The molecule has 0 N–H and O–H groups in total. The second-order valence-corrected chi connectivity index (χ2v) is 8.26. The number of rotatable bonds is 5. The van der Waals surface area contributed by atoms with E-state index in [-0.39, 0.29) is 5.91 Å². The van der Waals surface area contributed by atoms with E-state index >= 15 is 0 Å². The fourth-order valence-electron chi connectivity index (χ4n) is 2.66. The second-order valence-electron chi connectivity index (χ2n) is 5.77. The van der Waals surface area contributed by atoms with Crippen LogP contribution in [0.25, 0.3) is 0 Å². The van der Waals surface area contributed by atoms with Crippen LogP contribution in [-0.2, 0) is 16.2 Å². The lowest BCUT2D eigenvalue weighted by atomic mass is 10.1. The van der Waals surface area contributed by atoms with E-state index in [1.165, 1.54) is 16.9 Å². The van der Waals surface area contributed by atoms with Gasteiger partial charge in [0.05, 0.1) is 9.21 Å². The van der Waals surface area contributed by atoms with Crippen molar-refractivity contribution in [1.29, 1.82) is 0 Å². The summed E-state index contributed by atoms with van der Waals surface area (Å²) < 4.78 is 0.717. The highest BCUT2D eigenvalue weighted by molar-refractivity contribution is 7.18. The zero-order valence-electron chi connectivity index (χ0n) is 12.3. The fourth-order valence-corrected chi connectivity index (χ4v) is 4.36. The molecule has 1 aliphatic heterocycles. The summed E-state index contributed by atoms with van der Waals surface area (Å²) >= 11 is 9.08. The summed E-state index contributed by atoms with van der Waals surface area (Å²) in [5.41, 5.74) is 1.99. The molecule has 2 aromatic heterocycles. The molecule has 1 atom stereocenters. The van der Waals surface area contributed by atoms with Crippen LogP contribution >= 0.6 is 34.3 Å². The number of halogens is 1. The Morgan fingerprint density at radius 1 is 1.39 bits per heavy atom. The van der Waals surface area contributed by atoms with Gasteiger partial charge < -0.3 is 9.74 Å². The Balaban J connectivity index is 1.44. The number of nitrogens with zero attached hydrogens (tertiary/aromatic N) is 2. The molecule has 0 spiro atoms. The topological polar surface area (TPSA) is 41.9 Å². The average molecular weight is 367 g/mol. The van der Waals surface area contributed by atoms with Crippen LogP contribution in [0, 0.1) is 0 Å². The highest BCUT2D eigenvalue weighted by Crippen LogP contribution is 2.32. The maximum Gasteiger partial charge on any atom is 0.267 e. The lowest BCUT2D eigenvalue weighted by Crippen LogP contribution is -2.40. The highest BCUT2D eigenvalue weighted by Gasteiger charge is 2.39. The fraction of sp³-hybridized carbons (Fsp3) is 0.375. The molecular formula is C16H15ClN2O2S2. The van der Waals surface area contributed by atoms with Crippen molar-refractivity contribution in [1.82, 2.24) is 4.90 Å². The molecule has 2 aliphatic rings. The van der Waals surface area contributed by atoms with Crippen LogP contribution in [0.15, 0.2) is 34.1 Å². The number of carbonyl (C=O) groups excluding carboxylic acids is 1. The number of carbonyl (C=O) groups is 1. The summed E-state index contributed by atoms with van der Waals surface area (Å²) in [7, 11) is 0. The number of amides is 1. The van der Waals surface area contributed by atoms with Gasteiger partial charge >= 0.3 is 0 Å². The van der Waals surface area contributed by atoms with Gasteiger partial charge in [0, 0.05) is 19.0 Å². The van der Waals surface area contributed by atoms with Gasteiger partial charge in [0.2, 0.25) is 6.10 Å². The van der Waals surface area contributed by atoms with E-state index in [1.807, 2.05) is 22.4 Å². The van der Waals surface area contributed by atoms with Gasteiger partial charge in [-0.1, -0.05) is 16.8 Å². The van der Waals surface area contributed by atoms with E-state index in [1.54, 1.807) is 11.3 Å². The minimum atomic E-state index is -0.509. The molecule has 4 rings (SSSR count). The van der Waals surface area contributed by atoms with Crippen LogP contribution in [0.5, 0.6) is 0 Å². The molecule has 1 unspecified atom stereocenters. The second kappa shape index (κ2) is 6.26. The lowest BCUT2D eigenvalue weighted by Gasteiger charge is -2.24. The Morgan fingerprint density at radius 3 is 2.91 bits per heavy atom. The maximum absolute atomic E-state index is 12.8. The number of oxime groups is 1. The van der Waals surface area contributed by atoms with Crippen molar-refractivity contribution in [2.24, 2.45) is 5.16 Å². The SMILES string of the molecule is O=C(C1CC(c2ccc(Cl)s2)=NO1)N(Cc1ccsc1)C1CC1. The monoisotopic (exact) mass is 366 g/mol. The van der Waals surface area contributed by atoms with Crippen molar-refractivity contribution in [3.8, 4) is 0 Å². The Bertz CT molecular complexity index is 737. The van der Waals surface area contributed by atoms with E-state index < -0.39 is 6.10 Å². The smallest absolute Gasteiger partial charge is 0.267 e. The molecule has 3 heterocycles. The Labute approximate surface area is 147 Å². The van der Waals surface area contributed by atoms with E-state index in [0.717, 1.165) is 27.8 Å². The predicted octanol–water partition coefficient (Wildman–Crippen LogP) is 4.15. The van der Waals surface area contributed by atoms with Crippen LogP contribution in [0.4, 0.5) is 0 Å². The maximum atomic E-state index is 12.8. The summed E-state index contributed by atoms with van der Waals surface area (Å²) in [5.74, 6) is 0.0418. The number of hydrogen-bond donors (Lipinski definition) is 0. The average Bonchev–Trinajstić information content (AvgIpc) is 2.99. The first-order valence-electron chi connectivity index (χ1n) is 7.50. The van der Waals surface area contributed by atoms with Gasteiger partial charge in [-0.25, -0.2) is 0 Å². The third kappa shape index (κ3) is 3.29. The Hall–Kier alpha value is -1.37. The molecule has 23 heavy (non-hydrogen) atoms. The van der Waals surface area contributed by atoms with Crippen LogP contribution in [0.3, 0.4) is 0 Å². The van der Waals surface area contributed by atoms with Crippen molar-refractivity contribution in [3.63, 3.8) is 0 Å². The van der Waals surface area contributed by atoms with Gasteiger partial charge in [-0.05, 0) is 47.4 Å². The molecule has 0 bridgehead atoms. The van der Waals surface area contributed by atoms with E-state index in [4.69, 9.17) is 16.4 Å². The van der Waals surface area contributed by atoms with Gasteiger partial charge in [-0.3, -0.25) is 4.79 Å². The van der Waals surface area contributed by atoms with Gasteiger partial charge in [0.25, 0.3) is 5.91 Å². The number of hydrogen-bond acceptors (Lipinski definition) is 5. The first-order valence-corrected chi connectivity index (χ1v) is 9.64. The first-order chi connectivity index (χ1) is 11.2. The van der Waals surface area contributed by atoms with Crippen molar-refractivity contribution < 1.29 is 9.63 Å². The molecule has 2 aromatic rings. The van der Waals surface area contributed by atoms with E-state index in [2.05, 4.69) is 16.6 Å². The minimum Gasteiger partial charge on any atom is -0.382 e. The standard InChI is InChI=1S/C16H15ClN2O2S2/c17-15-4-3-14(23-15)12-7-13(21-18-12)16(20)19(11-1-2-11)8-10-5-6-22-9-10/h3-6,9,11,13H,1-2,7-8H2. The van der Waals surface area contributed by atoms with Crippen molar-refractivity contribution in [3.05, 3.63) is 43.7 Å². The summed E-state index contributed by atoms with van der Waals surface area (Å²) in [5, 5.41) is 8.24. The van der Waals surface area contributed by atoms with Crippen LogP contribution in [0.2, 0.25) is 4.34 Å². The summed E-state index contributed by atoms with van der Waals surface area (Å²) in [6.45, 7) is 0.660. The van der Waals surface area contributed by atoms with Gasteiger partial charge in [0.1, 0.15) is 5.71 Å². The molecule has 0 saturated heterocycles. The molecule has 4 nitrogen and oxygen atoms in total. The number of thiophene rings is 2. The largest absolute Gasteiger partial charge is 0.382 e. The summed E-state index contributed by atoms with van der Waals surface area (Å²) in [6.07, 6.45) is 2.17. The molecule has 1 amide bonds.